The van der Waals surface area contributed by atoms with Crippen molar-refractivity contribution in [3.8, 4) is 5.75 Å². The molecule has 0 atom stereocenters. The predicted molar refractivity (Wildman–Crippen MR) is 104 cm³/mol. The van der Waals surface area contributed by atoms with E-state index in [1.807, 2.05) is 49.9 Å². The maximum Gasteiger partial charge on any atom is 0.167 e. The number of nitrogens with zero attached hydrogens (tertiary/aromatic N) is 3. The van der Waals surface area contributed by atoms with Gasteiger partial charge in [-0.05, 0) is 43.7 Å². The summed E-state index contributed by atoms with van der Waals surface area (Å²) in [6.07, 6.45) is 1.75. The first-order valence-corrected chi connectivity index (χ1v) is 8.37. The van der Waals surface area contributed by atoms with Crippen molar-refractivity contribution in [1.29, 1.82) is 0 Å². The van der Waals surface area contributed by atoms with Gasteiger partial charge in [0.2, 0.25) is 0 Å². The average Bonchev–Trinajstić information content (AvgIpc) is 2.61. The third-order valence-corrected chi connectivity index (χ3v) is 4.34. The minimum Gasteiger partial charge on any atom is -0.494 e. The molecule has 0 radical (unpaired) electrons. The van der Waals surface area contributed by atoms with Crippen molar-refractivity contribution in [3.63, 3.8) is 0 Å². The zero-order valence-electron chi connectivity index (χ0n) is 15.2. The second kappa shape index (κ2) is 8.21. The van der Waals surface area contributed by atoms with Gasteiger partial charge in [0.05, 0.1) is 29.8 Å². The maximum atomic E-state index is 14.0. The van der Waals surface area contributed by atoms with E-state index < -0.39 is 5.82 Å². The summed E-state index contributed by atoms with van der Waals surface area (Å²) in [4.78, 5) is 8.26. The lowest BCUT2D eigenvalue weighted by Gasteiger charge is -2.22. The molecular formula is C19H23ClFN3O. The summed E-state index contributed by atoms with van der Waals surface area (Å²) < 4.78 is 19.0. The molecule has 0 aliphatic carbocycles. The molecule has 6 heteroatoms. The number of aliphatic imine (C=N–C) groups is 1. The van der Waals surface area contributed by atoms with E-state index in [1.54, 1.807) is 18.5 Å². The Hall–Kier alpha value is -2.27. The summed E-state index contributed by atoms with van der Waals surface area (Å²) in [5.74, 6) is -0.209. The van der Waals surface area contributed by atoms with Gasteiger partial charge in [-0.25, -0.2) is 9.38 Å². The van der Waals surface area contributed by atoms with Crippen LogP contribution < -0.4 is 9.64 Å². The molecule has 0 unspecified atom stereocenters. The number of ether oxygens (including phenoxy) is 1. The van der Waals surface area contributed by atoms with E-state index in [4.69, 9.17) is 16.3 Å². The maximum absolute atomic E-state index is 14.0. The number of benzene rings is 2. The van der Waals surface area contributed by atoms with Gasteiger partial charge in [0.15, 0.2) is 11.6 Å². The topological polar surface area (TPSA) is 28.1 Å². The van der Waals surface area contributed by atoms with Crippen LogP contribution in [0.25, 0.3) is 0 Å². The molecule has 0 saturated carbocycles. The Balaban J connectivity index is 2.42. The highest BCUT2D eigenvalue weighted by Crippen LogP contribution is 2.39. The van der Waals surface area contributed by atoms with Crippen LogP contribution in [0.3, 0.4) is 0 Å². The van der Waals surface area contributed by atoms with Crippen LogP contribution >= 0.6 is 11.6 Å². The minimum absolute atomic E-state index is 0.209. The molecule has 0 N–H and O–H groups in total. The van der Waals surface area contributed by atoms with Gasteiger partial charge in [0.25, 0.3) is 0 Å². The molecule has 25 heavy (non-hydrogen) atoms. The quantitative estimate of drug-likeness (QED) is 0.523. The Morgan fingerprint density at radius 1 is 1.24 bits per heavy atom. The van der Waals surface area contributed by atoms with Gasteiger partial charge in [0, 0.05) is 32.4 Å². The lowest BCUT2D eigenvalue weighted by Crippen LogP contribution is -2.14. The SMILES string of the molecule is CCN(C)C=Nc1cc(C)cc(N(C)c2ccc(OC)c(F)c2)c1Cl. The monoisotopic (exact) mass is 363 g/mol. The number of halogens is 2. The molecular weight excluding hydrogens is 341 g/mol. The number of hydrogen-bond acceptors (Lipinski definition) is 3. The van der Waals surface area contributed by atoms with Gasteiger partial charge in [-0.3, -0.25) is 0 Å². The fourth-order valence-electron chi connectivity index (χ4n) is 2.31. The standard InChI is InChI=1S/C19H23ClFN3O/c1-6-23(3)12-22-16-9-13(2)10-17(19(16)20)24(4)14-7-8-18(25-5)15(21)11-14/h7-12H,6H2,1-5H3. The number of anilines is 2. The van der Waals surface area contributed by atoms with E-state index in [1.165, 1.54) is 13.2 Å². The van der Waals surface area contributed by atoms with E-state index in [-0.39, 0.29) is 5.75 Å². The molecule has 0 spiro atoms. The van der Waals surface area contributed by atoms with Crippen LogP contribution in [0.4, 0.5) is 21.5 Å². The van der Waals surface area contributed by atoms with Gasteiger partial charge in [-0.2, -0.15) is 0 Å². The summed E-state index contributed by atoms with van der Waals surface area (Å²) >= 11 is 6.56. The van der Waals surface area contributed by atoms with Gasteiger partial charge in [-0.1, -0.05) is 11.6 Å². The van der Waals surface area contributed by atoms with E-state index in [0.717, 1.165) is 17.8 Å². The van der Waals surface area contributed by atoms with Crippen LogP contribution in [0, 0.1) is 12.7 Å². The van der Waals surface area contributed by atoms with Gasteiger partial charge >= 0.3 is 0 Å². The smallest absolute Gasteiger partial charge is 0.167 e. The van der Waals surface area contributed by atoms with E-state index in [2.05, 4.69) is 4.99 Å². The van der Waals surface area contributed by atoms with E-state index in [9.17, 15) is 4.39 Å². The number of methoxy groups -OCH3 is 1. The zero-order chi connectivity index (χ0) is 18.6. The number of aryl methyl sites for hydroxylation is 1. The molecule has 2 aromatic rings. The van der Waals surface area contributed by atoms with Crippen LogP contribution in [-0.2, 0) is 0 Å². The second-order valence-electron chi connectivity index (χ2n) is 5.81. The van der Waals surface area contributed by atoms with Crippen LogP contribution in [0.15, 0.2) is 35.3 Å². The molecule has 2 rings (SSSR count). The normalized spacial score (nSPS) is 11.0. The van der Waals surface area contributed by atoms with Crippen molar-refractivity contribution < 1.29 is 9.13 Å². The first kappa shape index (κ1) is 19.1. The molecule has 0 fully saturated rings. The summed E-state index contributed by atoms with van der Waals surface area (Å²) in [7, 11) is 5.23. The van der Waals surface area contributed by atoms with E-state index in [0.29, 0.717) is 16.4 Å². The van der Waals surface area contributed by atoms with Gasteiger partial charge < -0.3 is 14.5 Å². The third-order valence-electron chi connectivity index (χ3n) is 3.96. The highest BCUT2D eigenvalue weighted by atomic mass is 35.5. The molecule has 0 heterocycles. The summed E-state index contributed by atoms with van der Waals surface area (Å²) in [6, 6.07) is 8.68. The summed E-state index contributed by atoms with van der Waals surface area (Å²) in [5.41, 5.74) is 3.13. The first-order valence-electron chi connectivity index (χ1n) is 7.99. The van der Waals surface area contributed by atoms with Crippen LogP contribution in [0.5, 0.6) is 5.75 Å². The molecule has 4 nitrogen and oxygen atoms in total. The Labute approximate surface area is 153 Å². The minimum atomic E-state index is -0.418. The molecule has 2 aromatic carbocycles. The molecule has 0 aromatic heterocycles. The van der Waals surface area contributed by atoms with Crippen molar-refractivity contribution in [2.45, 2.75) is 13.8 Å². The molecule has 134 valence electrons. The Kier molecular flexibility index (Phi) is 6.26. The highest BCUT2D eigenvalue weighted by Gasteiger charge is 2.14. The van der Waals surface area contributed by atoms with Crippen LogP contribution in [0.2, 0.25) is 5.02 Å². The number of rotatable bonds is 6. The first-order chi connectivity index (χ1) is 11.9. The van der Waals surface area contributed by atoms with Crippen molar-refractivity contribution in [2.75, 3.05) is 32.6 Å². The fraction of sp³-hybridized carbons (Fsp3) is 0.316. The number of hydrogen-bond donors (Lipinski definition) is 0. The fourth-order valence-corrected chi connectivity index (χ4v) is 2.60. The molecule has 0 saturated heterocycles. The molecule has 0 amide bonds. The zero-order valence-corrected chi connectivity index (χ0v) is 15.9. The van der Waals surface area contributed by atoms with Gasteiger partial charge in [0.1, 0.15) is 0 Å². The average molecular weight is 364 g/mol. The molecule has 0 bridgehead atoms. The van der Waals surface area contributed by atoms with Crippen molar-refractivity contribution >= 4 is 35.0 Å². The lowest BCUT2D eigenvalue weighted by molar-refractivity contribution is 0.386. The lowest BCUT2D eigenvalue weighted by atomic mass is 10.1. The summed E-state index contributed by atoms with van der Waals surface area (Å²) in [5, 5.41) is 0.519. The Morgan fingerprint density at radius 3 is 2.56 bits per heavy atom. The van der Waals surface area contributed by atoms with Crippen LogP contribution in [0.1, 0.15) is 12.5 Å². The largest absolute Gasteiger partial charge is 0.494 e. The molecule has 0 aliphatic heterocycles. The van der Waals surface area contributed by atoms with E-state index >= 15 is 0 Å². The highest BCUT2D eigenvalue weighted by molar-refractivity contribution is 6.36. The predicted octanol–water partition coefficient (Wildman–Crippen LogP) is 5.18. The Bertz CT molecular complexity index is 780. The van der Waals surface area contributed by atoms with Crippen molar-refractivity contribution in [3.05, 3.63) is 46.7 Å². The Morgan fingerprint density at radius 2 is 1.96 bits per heavy atom. The van der Waals surface area contributed by atoms with Gasteiger partial charge in [-0.15, -0.1) is 0 Å². The summed E-state index contributed by atoms with van der Waals surface area (Å²) in [6.45, 7) is 4.87. The van der Waals surface area contributed by atoms with Crippen molar-refractivity contribution in [1.82, 2.24) is 4.90 Å². The van der Waals surface area contributed by atoms with Crippen LogP contribution in [-0.4, -0.2) is 39.0 Å². The molecule has 0 aliphatic rings. The second-order valence-corrected chi connectivity index (χ2v) is 6.19. The third kappa shape index (κ3) is 4.42. The van der Waals surface area contributed by atoms with Crippen molar-refractivity contribution in [2.24, 2.45) is 4.99 Å².